The number of carboxylic acid groups (broad SMARTS) is 1. The molecule has 1 saturated heterocycles. The molecule has 0 saturated carbocycles. The lowest BCUT2D eigenvalue weighted by molar-refractivity contribution is -0.138. The average Bonchev–Trinajstić information content (AvgIpc) is 3.03. The maximum atomic E-state index is 12.9. The number of hydrogen-bond acceptors (Lipinski definition) is 5. The molecular formula is C21H26N2O6S. The van der Waals surface area contributed by atoms with Gasteiger partial charge in [0.25, 0.3) is 5.91 Å². The van der Waals surface area contributed by atoms with Crippen LogP contribution in [0.2, 0.25) is 0 Å². The first-order chi connectivity index (χ1) is 14.4. The summed E-state index contributed by atoms with van der Waals surface area (Å²) in [4.78, 5) is 49.0. The minimum atomic E-state index is -1.26. The minimum Gasteiger partial charge on any atom is -0.481 e. The summed E-state index contributed by atoms with van der Waals surface area (Å²) in [5.74, 6) is -1.36. The number of aliphatic carboxylic acids is 1. The van der Waals surface area contributed by atoms with Gasteiger partial charge in [-0.05, 0) is 31.4 Å². The van der Waals surface area contributed by atoms with Crippen LogP contribution in [0, 0.1) is 0 Å². The number of fused-ring (bicyclic) bond motifs is 1. The van der Waals surface area contributed by atoms with E-state index < -0.39 is 28.7 Å². The number of rotatable bonds is 10. The summed E-state index contributed by atoms with van der Waals surface area (Å²) in [7, 11) is -1.26. The predicted octanol–water partition coefficient (Wildman–Crippen LogP) is 1.98. The van der Waals surface area contributed by atoms with Crippen LogP contribution in [0.15, 0.2) is 23.1 Å². The summed E-state index contributed by atoms with van der Waals surface area (Å²) in [6, 6.07) is 4.48. The standard InChI is InChI=1S/C21H26N2O6S/c24-18-11-10-16(20(27)22-18)23-13-15-14(21(23)28)7-6-8-17(15)30(29)12-5-3-1-2-4-9-19(25)26/h6-8,16H,1-5,9-13H2,(H,25,26)(H,22,24,27). The van der Waals surface area contributed by atoms with Crippen LogP contribution in [-0.2, 0) is 31.7 Å². The third-order valence-corrected chi connectivity index (χ3v) is 7.04. The Hall–Kier alpha value is -2.55. The van der Waals surface area contributed by atoms with Crippen molar-refractivity contribution >= 4 is 34.5 Å². The number of nitrogens with zero attached hydrogens (tertiary/aromatic N) is 1. The van der Waals surface area contributed by atoms with Crippen LogP contribution in [0.5, 0.6) is 0 Å². The van der Waals surface area contributed by atoms with Crippen LogP contribution in [0.4, 0.5) is 0 Å². The molecule has 0 aliphatic carbocycles. The molecule has 1 aromatic rings. The third-order valence-electron chi connectivity index (χ3n) is 5.50. The van der Waals surface area contributed by atoms with E-state index in [9.17, 15) is 23.4 Å². The van der Waals surface area contributed by atoms with Gasteiger partial charge in [-0.2, -0.15) is 0 Å². The van der Waals surface area contributed by atoms with E-state index in [2.05, 4.69) is 5.32 Å². The van der Waals surface area contributed by atoms with Crippen LogP contribution >= 0.6 is 0 Å². The predicted molar refractivity (Wildman–Crippen MR) is 109 cm³/mol. The molecule has 0 spiro atoms. The van der Waals surface area contributed by atoms with Gasteiger partial charge in [-0.15, -0.1) is 0 Å². The zero-order valence-electron chi connectivity index (χ0n) is 16.7. The van der Waals surface area contributed by atoms with Gasteiger partial charge in [0.15, 0.2) is 0 Å². The number of benzene rings is 1. The number of imide groups is 1. The van der Waals surface area contributed by atoms with Crippen LogP contribution in [0.25, 0.3) is 0 Å². The van der Waals surface area contributed by atoms with E-state index in [-0.39, 0.29) is 31.2 Å². The fourth-order valence-electron chi connectivity index (χ4n) is 3.92. The fourth-order valence-corrected chi connectivity index (χ4v) is 5.29. The van der Waals surface area contributed by atoms with E-state index in [1.807, 2.05) is 0 Å². The van der Waals surface area contributed by atoms with Crippen molar-refractivity contribution < 1.29 is 28.5 Å². The molecule has 2 aliphatic heterocycles. The zero-order valence-corrected chi connectivity index (χ0v) is 17.5. The highest BCUT2D eigenvalue weighted by molar-refractivity contribution is 7.85. The van der Waals surface area contributed by atoms with Crippen LogP contribution in [0.3, 0.4) is 0 Å². The highest BCUT2D eigenvalue weighted by atomic mass is 32.2. The van der Waals surface area contributed by atoms with Gasteiger partial charge in [0.05, 0.1) is 10.8 Å². The molecule has 30 heavy (non-hydrogen) atoms. The quantitative estimate of drug-likeness (QED) is 0.429. The van der Waals surface area contributed by atoms with Crippen molar-refractivity contribution in [3.8, 4) is 0 Å². The van der Waals surface area contributed by atoms with Crippen molar-refractivity contribution in [2.24, 2.45) is 0 Å². The van der Waals surface area contributed by atoms with E-state index in [1.165, 1.54) is 4.90 Å². The maximum absolute atomic E-state index is 12.9. The highest BCUT2D eigenvalue weighted by Gasteiger charge is 2.40. The van der Waals surface area contributed by atoms with Crippen LogP contribution < -0.4 is 5.32 Å². The zero-order chi connectivity index (χ0) is 21.7. The maximum Gasteiger partial charge on any atom is 0.303 e. The molecule has 3 rings (SSSR count). The van der Waals surface area contributed by atoms with Gasteiger partial charge in [0, 0.05) is 41.2 Å². The van der Waals surface area contributed by atoms with Crippen molar-refractivity contribution in [2.45, 2.75) is 68.8 Å². The van der Waals surface area contributed by atoms with Crippen molar-refractivity contribution in [1.29, 1.82) is 0 Å². The molecule has 9 heteroatoms. The fraction of sp³-hybridized carbons (Fsp3) is 0.524. The van der Waals surface area contributed by atoms with Gasteiger partial charge < -0.3 is 10.0 Å². The average molecular weight is 435 g/mol. The largest absolute Gasteiger partial charge is 0.481 e. The van der Waals surface area contributed by atoms with Gasteiger partial charge in [-0.1, -0.05) is 25.3 Å². The first-order valence-corrected chi connectivity index (χ1v) is 11.6. The Kier molecular flexibility index (Phi) is 7.36. The molecule has 2 N–H and O–H groups in total. The topological polar surface area (TPSA) is 121 Å². The van der Waals surface area contributed by atoms with Gasteiger partial charge in [-0.25, -0.2) is 0 Å². The van der Waals surface area contributed by atoms with Crippen molar-refractivity contribution in [1.82, 2.24) is 10.2 Å². The molecule has 0 aromatic heterocycles. The molecule has 2 aliphatic rings. The van der Waals surface area contributed by atoms with Crippen LogP contribution in [-0.4, -0.2) is 49.7 Å². The lowest BCUT2D eigenvalue weighted by Crippen LogP contribution is -2.52. The molecule has 8 nitrogen and oxygen atoms in total. The normalized spacial score (nSPS) is 19.5. The summed E-state index contributed by atoms with van der Waals surface area (Å²) in [6.07, 6.45) is 4.71. The summed E-state index contributed by atoms with van der Waals surface area (Å²) >= 11 is 0. The third kappa shape index (κ3) is 5.13. The Morgan fingerprint density at radius 1 is 1.13 bits per heavy atom. The summed E-state index contributed by atoms with van der Waals surface area (Å²) < 4.78 is 12.9. The monoisotopic (exact) mass is 434 g/mol. The first-order valence-electron chi connectivity index (χ1n) is 10.2. The molecule has 2 atom stereocenters. The van der Waals surface area contributed by atoms with Crippen molar-refractivity contribution in [2.75, 3.05) is 5.75 Å². The number of amides is 3. The Morgan fingerprint density at radius 2 is 1.87 bits per heavy atom. The number of nitrogens with one attached hydrogen (secondary N) is 1. The van der Waals surface area contributed by atoms with E-state index >= 15 is 0 Å². The van der Waals surface area contributed by atoms with E-state index in [4.69, 9.17) is 5.11 Å². The van der Waals surface area contributed by atoms with Gasteiger partial charge in [0.1, 0.15) is 6.04 Å². The molecule has 2 unspecified atom stereocenters. The lowest BCUT2D eigenvalue weighted by atomic mass is 10.0. The number of piperidine rings is 1. The van der Waals surface area contributed by atoms with Crippen molar-refractivity contribution in [3.05, 3.63) is 29.3 Å². The van der Waals surface area contributed by atoms with Gasteiger partial charge in [0.2, 0.25) is 11.8 Å². The molecule has 1 fully saturated rings. The van der Waals surface area contributed by atoms with E-state index in [1.54, 1.807) is 18.2 Å². The van der Waals surface area contributed by atoms with Gasteiger partial charge in [-0.3, -0.25) is 28.7 Å². The molecule has 2 heterocycles. The molecule has 162 valence electrons. The second kappa shape index (κ2) is 9.97. The Labute approximate surface area is 177 Å². The first kappa shape index (κ1) is 22.1. The summed E-state index contributed by atoms with van der Waals surface area (Å²) in [6.45, 7) is 0.220. The molecule has 3 amide bonds. The highest BCUT2D eigenvalue weighted by Crippen LogP contribution is 2.31. The number of carbonyl (C=O) groups excluding carboxylic acids is 3. The SMILES string of the molecule is O=C(O)CCCCCCCS(=O)c1cccc2c1CN(C1CCC(=O)NC1=O)C2=O. The van der Waals surface area contributed by atoms with Gasteiger partial charge >= 0.3 is 5.97 Å². The molecule has 1 aromatic carbocycles. The molecular weight excluding hydrogens is 408 g/mol. The molecule has 0 radical (unpaired) electrons. The number of carboxylic acids is 1. The number of unbranched alkanes of at least 4 members (excludes halogenated alkanes) is 4. The minimum absolute atomic E-state index is 0.180. The second-order valence-corrected chi connectivity index (χ2v) is 9.18. The Morgan fingerprint density at radius 3 is 2.60 bits per heavy atom. The second-order valence-electron chi connectivity index (χ2n) is 7.64. The summed E-state index contributed by atoms with van der Waals surface area (Å²) in [5.41, 5.74) is 1.17. The molecule has 0 bridgehead atoms. The van der Waals surface area contributed by atoms with Crippen LogP contribution in [0.1, 0.15) is 67.3 Å². The Bertz CT molecular complexity index is 884. The summed E-state index contributed by atoms with van der Waals surface area (Å²) in [5, 5.41) is 10.9. The van der Waals surface area contributed by atoms with E-state index in [0.29, 0.717) is 34.6 Å². The number of carbonyl (C=O) groups is 4. The smallest absolute Gasteiger partial charge is 0.303 e. The number of hydrogen-bond donors (Lipinski definition) is 2. The Balaban J connectivity index is 1.57. The lowest BCUT2D eigenvalue weighted by Gasteiger charge is -2.29. The van der Waals surface area contributed by atoms with Crippen molar-refractivity contribution in [3.63, 3.8) is 0 Å². The van der Waals surface area contributed by atoms with E-state index in [0.717, 1.165) is 25.7 Å².